The van der Waals surface area contributed by atoms with Crippen LogP contribution in [0.4, 0.5) is 0 Å². The molecule has 0 radical (unpaired) electrons. The Balaban J connectivity index is 2.05. The van der Waals surface area contributed by atoms with E-state index < -0.39 is 10.8 Å². The SMILES string of the molecule is O=S1C=C(C2OC=CS2)OC1. The molecule has 0 saturated heterocycles. The van der Waals surface area contributed by atoms with Gasteiger partial charge in [0.15, 0.2) is 11.7 Å². The molecule has 0 aromatic carbocycles. The maximum atomic E-state index is 10.8. The molecule has 0 saturated carbocycles. The largest absolute Gasteiger partial charge is 0.479 e. The zero-order valence-corrected chi connectivity index (χ0v) is 7.19. The van der Waals surface area contributed by atoms with E-state index in [-0.39, 0.29) is 11.4 Å². The zero-order chi connectivity index (χ0) is 7.68. The van der Waals surface area contributed by atoms with Gasteiger partial charge in [-0.2, -0.15) is 0 Å². The number of ether oxygens (including phenoxy) is 2. The van der Waals surface area contributed by atoms with Gasteiger partial charge < -0.3 is 9.47 Å². The van der Waals surface area contributed by atoms with Crippen LogP contribution in [0.2, 0.25) is 0 Å². The van der Waals surface area contributed by atoms with E-state index in [9.17, 15) is 4.21 Å². The van der Waals surface area contributed by atoms with Crippen LogP contribution in [0.15, 0.2) is 22.8 Å². The summed E-state index contributed by atoms with van der Waals surface area (Å²) >= 11 is 1.51. The maximum Gasteiger partial charge on any atom is 0.205 e. The molecule has 2 unspecified atom stereocenters. The van der Waals surface area contributed by atoms with E-state index in [4.69, 9.17) is 9.47 Å². The summed E-state index contributed by atoms with van der Waals surface area (Å²) < 4.78 is 21.1. The van der Waals surface area contributed by atoms with Gasteiger partial charge in [0, 0.05) is 10.8 Å². The molecule has 11 heavy (non-hydrogen) atoms. The quantitative estimate of drug-likeness (QED) is 0.621. The molecule has 2 aliphatic heterocycles. The summed E-state index contributed by atoms with van der Waals surface area (Å²) in [4.78, 5) is 0. The summed E-state index contributed by atoms with van der Waals surface area (Å²) in [6.07, 6.45) is 1.61. The van der Waals surface area contributed by atoms with Gasteiger partial charge >= 0.3 is 0 Å². The van der Waals surface area contributed by atoms with Crippen LogP contribution in [0.1, 0.15) is 0 Å². The molecule has 0 aliphatic carbocycles. The molecule has 0 aromatic rings. The van der Waals surface area contributed by atoms with E-state index in [0.717, 1.165) is 0 Å². The average molecular weight is 190 g/mol. The van der Waals surface area contributed by atoms with Crippen LogP contribution in [-0.2, 0) is 20.3 Å². The summed E-state index contributed by atoms with van der Waals surface area (Å²) in [5.41, 5.74) is -0.110. The normalized spacial score (nSPS) is 34.7. The van der Waals surface area contributed by atoms with Gasteiger partial charge in [-0.15, -0.1) is 0 Å². The molecular weight excluding hydrogens is 184 g/mol. The Morgan fingerprint density at radius 3 is 3.18 bits per heavy atom. The number of hydrogen-bond acceptors (Lipinski definition) is 4. The second-order valence-corrected chi connectivity index (χ2v) is 4.24. The molecule has 5 heteroatoms. The molecule has 2 rings (SSSR count). The molecule has 0 aromatic heterocycles. The van der Waals surface area contributed by atoms with E-state index in [1.54, 1.807) is 11.7 Å². The highest BCUT2D eigenvalue weighted by Crippen LogP contribution is 2.30. The minimum Gasteiger partial charge on any atom is -0.479 e. The van der Waals surface area contributed by atoms with Crippen LogP contribution in [0, 0.1) is 0 Å². The summed E-state index contributed by atoms with van der Waals surface area (Å²) in [6.45, 7) is 0. The second-order valence-electron chi connectivity index (χ2n) is 2.04. The van der Waals surface area contributed by atoms with Crippen molar-refractivity contribution in [3.8, 4) is 0 Å². The van der Waals surface area contributed by atoms with Gasteiger partial charge in [-0.3, -0.25) is 4.21 Å². The minimum atomic E-state index is -0.954. The maximum absolute atomic E-state index is 10.8. The van der Waals surface area contributed by atoms with Crippen LogP contribution in [-0.4, -0.2) is 15.6 Å². The van der Waals surface area contributed by atoms with Gasteiger partial charge in [-0.05, 0) is 0 Å². The first-order valence-corrected chi connectivity index (χ1v) is 5.36. The van der Waals surface area contributed by atoms with Gasteiger partial charge in [0.2, 0.25) is 5.44 Å². The van der Waals surface area contributed by atoms with Gasteiger partial charge in [0.05, 0.1) is 17.1 Å². The number of thioether (sulfide) groups is 1. The van der Waals surface area contributed by atoms with Crippen molar-refractivity contribution in [1.29, 1.82) is 0 Å². The Kier molecular flexibility index (Phi) is 1.91. The molecule has 2 heterocycles. The third-order valence-electron chi connectivity index (χ3n) is 1.28. The lowest BCUT2D eigenvalue weighted by Crippen LogP contribution is -2.04. The first kappa shape index (κ1) is 7.24. The topological polar surface area (TPSA) is 35.5 Å². The van der Waals surface area contributed by atoms with Gasteiger partial charge in [0.25, 0.3) is 0 Å². The lowest BCUT2D eigenvalue weighted by molar-refractivity contribution is 0.169. The first-order chi connectivity index (χ1) is 5.36. The summed E-state index contributed by atoms with van der Waals surface area (Å²) in [5, 5.41) is 3.45. The Labute approximate surface area is 70.9 Å². The minimum absolute atomic E-state index is 0.110. The molecule has 60 valence electrons. The van der Waals surface area contributed by atoms with E-state index in [1.807, 2.05) is 5.41 Å². The molecule has 0 spiro atoms. The Morgan fingerprint density at radius 2 is 2.64 bits per heavy atom. The van der Waals surface area contributed by atoms with Crippen LogP contribution in [0.3, 0.4) is 0 Å². The van der Waals surface area contributed by atoms with Crippen LogP contribution in [0.5, 0.6) is 0 Å². The summed E-state index contributed by atoms with van der Waals surface area (Å²) in [5.74, 6) is 0.953. The Morgan fingerprint density at radius 1 is 1.73 bits per heavy atom. The van der Waals surface area contributed by atoms with Crippen molar-refractivity contribution in [3.63, 3.8) is 0 Å². The van der Waals surface area contributed by atoms with Crippen molar-refractivity contribution in [3.05, 3.63) is 22.8 Å². The van der Waals surface area contributed by atoms with Crippen molar-refractivity contribution in [2.75, 3.05) is 5.94 Å². The van der Waals surface area contributed by atoms with E-state index in [1.165, 1.54) is 11.8 Å². The molecule has 0 bridgehead atoms. The number of rotatable bonds is 1. The van der Waals surface area contributed by atoms with Crippen molar-refractivity contribution < 1.29 is 13.7 Å². The fraction of sp³-hybridized carbons (Fsp3) is 0.333. The Hall–Kier alpha value is -0.420. The summed E-state index contributed by atoms with van der Waals surface area (Å²) in [7, 11) is -0.954. The van der Waals surface area contributed by atoms with Crippen LogP contribution < -0.4 is 0 Å². The highest BCUT2D eigenvalue weighted by Gasteiger charge is 2.24. The van der Waals surface area contributed by atoms with E-state index in [0.29, 0.717) is 5.76 Å². The monoisotopic (exact) mass is 190 g/mol. The lowest BCUT2D eigenvalue weighted by atomic mass is 10.6. The predicted molar refractivity (Wildman–Crippen MR) is 43.8 cm³/mol. The molecule has 0 amide bonds. The highest BCUT2D eigenvalue weighted by atomic mass is 32.2. The molecule has 3 nitrogen and oxygen atoms in total. The third kappa shape index (κ3) is 1.44. The molecule has 0 N–H and O–H groups in total. The zero-order valence-electron chi connectivity index (χ0n) is 5.56. The number of hydrogen-bond donors (Lipinski definition) is 0. The predicted octanol–water partition coefficient (Wildman–Crippen LogP) is 1.12. The third-order valence-corrected chi connectivity index (χ3v) is 2.99. The molecule has 2 aliphatic rings. The van der Waals surface area contributed by atoms with Gasteiger partial charge in [-0.25, -0.2) is 0 Å². The first-order valence-electron chi connectivity index (χ1n) is 3.04. The lowest BCUT2D eigenvalue weighted by Gasteiger charge is -2.08. The van der Waals surface area contributed by atoms with Crippen molar-refractivity contribution >= 4 is 22.6 Å². The fourth-order valence-corrected chi connectivity index (χ4v) is 2.35. The smallest absolute Gasteiger partial charge is 0.205 e. The van der Waals surface area contributed by atoms with Crippen LogP contribution >= 0.6 is 11.8 Å². The van der Waals surface area contributed by atoms with Gasteiger partial charge in [0.1, 0.15) is 0 Å². The van der Waals surface area contributed by atoms with Crippen LogP contribution in [0.25, 0.3) is 0 Å². The molecule has 2 atom stereocenters. The highest BCUT2D eigenvalue weighted by molar-refractivity contribution is 8.03. The van der Waals surface area contributed by atoms with Gasteiger partial charge in [-0.1, -0.05) is 11.8 Å². The molecular formula is C6H6O3S2. The van der Waals surface area contributed by atoms with Crippen molar-refractivity contribution in [2.24, 2.45) is 0 Å². The van der Waals surface area contributed by atoms with E-state index in [2.05, 4.69) is 0 Å². The van der Waals surface area contributed by atoms with Crippen molar-refractivity contribution in [1.82, 2.24) is 0 Å². The standard InChI is InChI=1S/C6H6O3S2/c7-11-3-5(9-4-11)6-8-1-2-10-6/h1-3,6H,4H2. The van der Waals surface area contributed by atoms with Crippen molar-refractivity contribution in [2.45, 2.75) is 5.44 Å². The fourth-order valence-electron chi connectivity index (χ4n) is 0.820. The molecule has 0 fully saturated rings. The summed E-state index contributed by atoms with van der Waals surface area (Å²) in [6, 6.07) is 0. The van der Waals surface area contributed by atoms with E-state index >= 15 is 0 Å². The Bertz CT molecular complexity index is 238. The second kappa shape index (κ2) is 2.91. The average Bonchev–Trinajstić information content (AvgIpc) is 2.55.